The van der Waals surface area contributed by atoms with Gasteiger partial charge >= 0.3 is 0 Å². The van der Waals surface area contributed by atoms with E-state index in [-0.39, 0.29) is 17.7 Å². The van der Waals surface area contributed by atoms with Crippen LogP contribution in [0.1, 0.15) is 28.4 Å². The third kappa shape index (κ3) is 4.03. The van der Waals surface area contributed by atoms with E-state index in [0.29, 0.717) is 18.7 Å². The van der Waals surface area contributed by atoms with Gasteiger partial charge in [-0.25, -0.2) is 8.96 Å². The molecule has 1 fully saturated rings. The fraction of sp³-hybridized carbons (Fsp3) is 0.250. The summed E-state index contributed by atoms with van der Waals surface area (Å²) in [4.78, 5) is 43.5. The number of imidazole rings is 1. The predicted molar refractivity (Wildman–Crippen MR) is 112 cm³/mol. The predicted octanol–water partition coefficient (Wildman–Crippen LogP) is 2.49. The van der Waals surface area contributed by atoms with Crippen molar-refractivity contribution in [3.8, 4) is 5.75 Å². The molecule has 0 spiro atoms. The zero-order valence-corrected chi connectivity index (χ0v) is 17.5. The number of ether oxygens (including phenoxy) is 1. The molecule has 1 N–H and O–H groups in total. The van der Waals surface area contributed by atoms with E-state index < -0.39 is 35.3 Å². The highest BCUT2D eigenvalue weighted by molar-refractivity contribution is 6.44. The Kier molecular flexibility index (Phi) is 6.11. The number of benzene rings is 2. The number of H-pyrrole nitrogens is 1. The molecule has 1 amide bonds. The largest absolute Gasteiger partial charge is 0.497 e. The minimum atomic E-state index is -1.31. The number of methoxy groups -OCH3 is 1. The maximum absolute atomic E-state index is 14.8. The number of aromatic amines is 1. The van der Waals surface area contributed by atoms with E-state index in [4.69, 9.17) is 4.74 Å². The molecular weight excluding hydrogens is 413 g/mol. The minimum Gasteiger partial charge on any atom is -0.497 e. The third-order valence-corrected chi connectivity index (χ3v) is 5.70. The van der Waals surface area contributed by atoms with Gasteiger partial charge in [-0.15, -0.1) is 0 Å². The van der Waals surface area contributed by atoms with Gasteiger partial charge in [0.2, 0.25) is 12.1 Å². The Balaban J connectivity index is 1.66. The van der Waals surface area contributed by atoms with Gasteiger partial charge in [-0.2, -0.15) is 0 Å². The number of nitrogens with zero attached hydrogens (tertiary/aromatic N) is 2. The van der Waals surface area contributed by atoms with Gasteiger partial charge in [0, 0.05) is 24.1 Å². The average molecular weight is 436 g/mol. The van der Waals surface area contributed by atoms with Crippen LogP contribution in [0.2, 0.25) is 0 Å². The van der Waals surface area contributed by atoms with Gasteiger partial charge in [-0.3, -0.25) is 19.4 Å². The first-order valence-electron chi connectivity index (χ1n) is 10.3. The van der Waals surface area contributed by atoms with E-state index in [9.17, 15) is 18.8 Å². The van der Waals surface area contributed by atoms with Gasteiger partial charge in [-0.05, 0) is 30.3 Å². The van der Waals surface area contributed by atoms with Gasteiger partial charge in [0.1, 0.15) is 29.9 Å². The Morgan fingerprint density at radius 3 is 2.56 bits per heavy atom. The molecule has 1 aliphatic heterocycles. The number of halogens is 1. The highest BCUT2D eigenvalue weighted by Crippen LogP contribution is 2.39. The lowest BCUT2D eigenvalue weighted by atomic mass is 9.86. The number of rotatable bonds is 8. The van der Waals surface area contributed by atoms with Crippen molar-refractivity contribution >= 4 is 17.5 Å². The van der Waals surface area contributed by atoms with Crippen LogP contribution in [0.4, 0.5) is 4.39 Å². The summed E-state index contributed by atoms with van der Waals surface area (Å²) in [5.74, 6) is -3.39. The van der Waals surface area contributed by atoms with Crippen molar-refractivity contribution in [1.82, 2.24) is 9.88 Å². The molecule has 0 aliphatic carbocycles. The van der Waals surface area contributed by atoms with Crippen molar-refractivity contribution in [3.05, 3.63) is 84.2 Å². The lowest BCUT2D eigenvalue weighted by molar-refractivity contribution is -0.695. The molecule has 2 aromatic carbocycles. The SMILES string of the molecule is COc1ccc(C(=O)C2C(=O)C(=O)N(CCC[n+]3cc[nH]c3)C2c2ccccc2F)cc1. The van der Waals surface area contributed by atoms with Crippen LogP contribution in [0, 0.1) is 11.7 Å². The normalized spacial score (nSPS) is 18.2. The molecule has 4 rings (SSSR count). The Bertz CT molecular complexity index is 1130. The molecule has 1 aromatic heterocycles. The average Bonchev–Trinajstić information content (AvgIpc) is 3.41. The van der Waals surface area contributed by atoms with E-state index in [1.807, 2.05) is 10.8 Å². The molecule has 2 unspecified atom stereocenters. The summed E-state index contributed by atoms with van der Waals surface area (Å²) in [7, 11) is 1.51. The molecule has 164 valence electrons. The summed E-state index contributed by atoms with van der Waals surface area (Å²) in [5.41, 5.74) is 0.427. The zero-order valence-electron chi connectivity index (χ0n) is 17.5. The van der Waals surface area contributed by atoms with Crippen LogP contribution in [-0.2, 0) is 16.1 Å². The molecular formula is C24H23FN3O4+. The molecule has 7 nitrogen and oxygen atoms in total. The standard InChI is InChI=1S/C24H22FN3O4/c1-32-17-9-7-16(8-10-17)22(29)20-21(18-5-2-3-6-19(18)25)28(24(31)23(20)30)13-4-12-27-14-11-26-15-27/h2-3,5-11,14-15,20-21H,4,12-13H2,1H3/p+1. The molecule has 3 aromatic rings. The first-order chi connectivity index (χ1) is 15.5. The maximum Gasteiger partial charge on any atom is 0.291 e. The Morgan fingerprint density at radius 2 is 1.91 bits per heavy atom. The molecule has 2 atom stereocenters. The van der Waals surface area contributed by atoms with E-state index >= 15 is 0 Å². The van der Waals surface area contributed by atoms with Gasteiger partial charge in [0.25, 0.3) is 5.91 Å². The summed E-state index contributed by atoms with van der Waals surface area (Å²) in [6.07, 6.45) is 5.94. The van der Waals surface area contributed by atoms with Gasteiger partial charge < -0.3 is 9.64 Å². The number of amides is 1. The number of ketones is 2. The van der Waals surface area contributed by atoms with Crippen LogP contribution in [-0.4, -0.2) is 41.0 Å². The molecule has 0 radical (unpaired) electrons. The van der Waals surface area contributed by atoms with Gasteiger partial charge in [-0.1, -0.05) is 18.2 Å². The monoisotopic (exact) mass is 436 g/mol. The molecule has 0 saturated carbocycles. The fourth-order valence-electron chi connectivity index (χ4n) is 4.11. The number of Topliss-reactive ketones (excluding diaryl/α,β-unsaturated/α-hetero) is 2. The Hall–Kier alpha value is -3.81. The molecule has 0 bridgehead atoms. The van der Waals surface area contributed by atoms with Crippen molar-refractivity contribution < 1.29 is 28.1 Å². The van der Waals surface area contributed by atoms with E-state index in [2.05, 4.69) is 4.98 Å². The second kappa shape index (κ2) is 9.13. The molecule has 2 heterocycles. The molecule has 1 aliphatic rings. The zero-order chi connectivity index (χ0) is 22.7. The number of carbonyl (C=O) groups excluding carboxylic acids is 3. The third-order valence-electron chi connectivity index (χ3n) is 5.70. The lowest BCUT2D eigenvalue weighted by Gasteiger charge is -2.27. The molecule has 8 heteroatoms. The Labute approximate surface area is 184 Å². The second-order valence-corrected chi connectivity index (χ2v) is 7.60. The number of aromatic nitrogens is 2. The summed E-state index contributed by atoms with van der Waals surface area (Å²) in [6.45, 7) is 0.816. The highest BCUT2D eigenvalue weighted by Gasteiger charge is 2.52. The van der Waals surface area contributed by atoms with Crippen molar-refractivity contribution in [2.75, 3.05) is 13.7 Å². The fourth-order valence-corrected chi connectivity index (χ4v) is 4.11. The number of hydrogen-bond acceptors (Lipinski definition) is 4. The number of hydrogen-bond donors (Lipinski definition) is 1. The molecule has 32 heavy (non-hydrogen) atoms. The van der Waals surface area contributed by atoms with Crippen molar-refractivity contribution in [2.45, 2.75) is 19.0 Å². The van der Waals surface area contributed by atoms with Gasteiger partial charge in [0.15, 0.2) is 5.78 Å². The highest BCUT2D eigenvalue weighted by atomic mass is 19.1. The van der Waals surface area contributed by atoms with E-state index in [1.165, 1.54) is 30.2 Å². The summed E-state index contributed by atoms with van der Waals surface area (Å²) >= 11 is 0. The van der Waals surface area contributed by atoms with Crippen molar-refractivity contribution in [2.24, 2.45) is 5.92 Å². The van der Waals surface area contributed by atoms with Crippen LogP contribution in [0.3, 0.4) is 0 Å². The number of nitrogens with one attached hydrogen (secondary N) is 1. The first kappa shape index (κ1) is 21.4. The smallest absolute Gasteiger partial charge is 0.291 e. The van der Waals surface area contributed by atoms with E-state index in [1.54, 1.807) is 42.9 Å². The van der Waals surface area contributed by atoms with Gasteiger partial charge in [0.05, 0.1) is 19.7 Å². The lowest BCUT2D eigenvalue weighted by Crippen LogP contribution is -2.36. The topological polar surface area (TPSA) is 83.3 Å². The van der Waals surface area contributed by atoms with Crippen LogP contribution < -0.4 is 9.30 Å². The van der Waals surface area contributed by atoms with Crippen LogP contribution in [0.5, 0.6) is 5.75 Å². The van der Waals surface area contributed by atoms with Crippen LogP contribution in [0.15, 0.2) is 67.3 Å². The minimum absolute atomic E-state index is 0.160. The number of aryl methyl sites for hydroxylation is 1. The van der Waals surface area contributed by atoms with Crippen LogP contribution in [0.25, 0.3) is 0 Å². The van der Waals surface area contributed by atoms with Crippen LogP contribution >= 0.6 is 0 Å². The van der Waals surface area contributed by atoms with Crippen molar-refractivity contribution in [1.29, 1.82) is 0 Å². The maximum atomic E-state index is 14.8. The Morgan fingerprint density at radius 1 is 1.16 bits per heavy atom. The molecule has 1 saturated heterocycles. The quantitative estimate of drug-likeness (QED) is 0.255. The summed E-state index contributed by atoms with van der Waals surface area (Å²) < 4.78 is 21.8. The van der Waals surface area contributed by atoms with Crippen molar-refractivity contribution in [3.63, 3.8) is 0 Å². The number of carbonyl (C=O) groups is 3. The number of likely N-dealkylation sites (tertiary alicyclic amines) is 1. The second-order valence-electron chi connectivity index (χ2n) is 7.60. The first-order valence-corrected chi connectivity index (χ1v) is 10.3. The van der Waals surface area contributed by atoms with E-state index in [0.717, 1.165) is 0 Å². The summed E-state index contributed by atoms with van der Waals surface area (Å²) in [5, 5.41) is 0. The summed E-state index contributed by atoms with van der Waals surface area (Å²) in [6, 6.07) is 11.3.